The molecule has 0 N–H and O–H groups in total. The van der Waals surface area contributed by atoms with Gasteiger partial charge in [0, 0.05) is 48.4 Å². The van der Waals surface area contributed by atoms with Crippen LogP contribution in [0.25, 0.3) is 0 Å². The topological polar surface area (TPSA) is 94.2 Å². The number of nitro groups is 1. The van der Waals surface area contributed by atoms with Gasteiger partial charge in [-0.3, -0.25) is 14.9 Å². The molecule has 0 saturated carbocycles. The summed E-state index contributed by atoms with van der Waals surface area (Å²) in [4.78, 5) is 35.3. The molecular weight excluding hydrogens is 434 g/mol. The first kappa shape index (κ1) is 21.5. The van der Waals surface area contributed by atoms with Gasteiger partial charge in [-0.25, -0.2) is 9.97 Å². The molecule has 0 radical (unpaired) electrons. The van der Waals surface area contributed by atoms with Crippen LogP contribution in [-0.4, -0.2) is 49.6 Å². The molecule has 3 aromatic rings. The molecule has 1 aromatic carbocycles. The zero-order valence-electron chi connectivity index (χ0n) is 17.4. The third kappa shape index (κ3) is 4.64. The number of benzene rings is 1. The molecule has 0 atom stereocenters. The predicted molar refractivity (Wildman–Crippen MR) is 121 cm³/mol. The highest BCUT2D eigenvalue weighted by Gasteiger charge is 2.28. The van der Waals surface area contributed by atoms with Crippen LogP contribution in [0.15, 0.2) is 40.9 Å². The molecule has 1 aliphatic heterocycles. The van der Waals surface area contributed by atoms with E-state index in [1.807, 2.05) is 19.3 Å². The number of nitro benzene ring substituents is 1. The van der Waals surface area contributed by atoms with Crippen LogP contribution >= 0.6 is 23.1 Å². The molecule has 0 bridgehead atoms. The summed E-state index contributed by atoms with van der Waals surface area (Å²) >= 11 is 2.94. The van der Waals surface area contributed by atoms with Crippen molar-refractivity contribution in [2.45, 2.75) is 37.1 Å². The summed E-state index contributed by atoms with van der Waals surface area (Å²) in [6.45, 7) is 3.90. The number of hydrogen-bond acceptors (Lipinski definition) is 7. The second kappa shape index (κ2) is 9.19. The van der Waals surface area contributed by atoms with Crippen LogP contribution in [0.1, 0.15) is 45.6 Å². The summed E-state index contributed by atoms with van der Waals surface area (Å²) in [5, 5.41) is 14.4. The molecular formula is C21H23N5O3S2. The molecule has 0 spiro atoms. The lowest BCUT2D eigenvalue weighted by atomic mass is 9.95. The molecule has 1 fully saturated rings. The number of aromatic nitrogens is 3. The predicted octanol–water partition coefficient (Wildman–Crippen LogP) is 4.35. The molecule has 10 heteroatoms. The second-order valence-electron chi connectivity index (χ2n) is 7.48. The molecule has 2 aromatic heterocycles. The maximum absolute atomic E-state index is 12.9. The van der Waals surface area contributed by atoms with Gasteiger partial charge in [0.1, 0.15) is 5.82 Å². The molecule has 3 heterocycles. The number of hydrogen-bond donors (Lipinski definition) is 0. The number of carbonyl (C=O) groups excluding carboxylic acids is 1. The van der Waals surface area contributed by atoms with Crippen molar-refractivity contribution >= 4 is 34.7 Å². The van der Waals surface area contributed by atoms with E-state index >= 15 is 0 Å². The maximum atomic E-state index is 12.9. The lowest BCUT2D eigenvalue weighted by molar-refractivity contribution is -0.387. The Bertz CT molecular complexity index is 1100. The SMILES string of the molecule is CSc1ccc(C(=O)N2CCC(c3nccn3Cc3csc(C)n3)CC2)cc1[N+](=O)[O-]. The van der Waals surface area contributed by atoms with Gasteiger partial charge >= 0.3 is 0 Å². The van der Waals surface area contributed by atoms with Gasteiger partial charge in [0.05, 0.1) is 27.1 Å². The van der Waals surface area contributed by atoms with E-state index in [-0.39, 0.29) is 17.5 Å². The first-order chi connectivity index (χ1) is 15.0. The van der Waals surface area contributed by atoms with E-state index in [1.54, 1.807) is 34.6 Å². The van der Waals surface area contributed by atoms with Crippen LogP contribution < -0.4 is 0 Å². The highest BCUT2D eigenvalue weighted by Crippen LogP contribution is 2.31. The third-order valence-electron chi connectivity index (χ3n) is 5.52. The van der Waals surface area contributed by atoms with Crippen LogP contribution in [-0.2, 0) is 6.54 Å². The van der Waals surface area contributed by atoms with Gasteiger partial charge in [0.15, 0.2) is 0 Å². The Morgan fingerprint density at radius 1 is 1.35 bits per heavy atom. The van der Waals surface area contributed by atoms with Crippen LogP contribution in [0.5, 0.6) is 0 Å². The number of thiazole rings is 1. The van der Waals surface area contributed by atoms with Crippen LogP contribution in [0.4, 0.5) is 5.69 Å². The van der Waals surface area contributed by atoms with Crippen molar-refractivity contribution in [3.63, 3.8) is 0 Å². The Hall–Kier alpha value is -2.72. The van der Waals surface area contributed by atoms with E-state index in [4.69, 9.17) is 0 Å². The van der Waals surface area contributed by atoms with Gasteiger partial charge in [0.25, 0.3) is 11.6 Å². The standard InChI is InChI=1S/C21H23N5O3S2/c1-14-23-17(13-31-14)12-25-10-7-22-20(25)15-5-8-24(9-6-15)21(27)16-3-4-19(30-2)18(11-16)26(28)29/h3-4,7,10-11,13,15H,5-6,8-9,12H2,1-2H3. The minimum absolute atomic E-state index is 0.0208. The lowest BCUT2D eigenvalue weighted by Crippen LogP contribution is -2.38. The number of carbonyl (C=O) groups is 1. The molecule has 8 nitrogen and oxygen atoms in total. The number of amides is 1. The summed E-state index contributed by atoms with van der Waals surface area (Å²) in [6.07, 6.45) is 7.20. The number of piperidine rings is 1. The van der Waals surface area contributed by atoms with Gasteiger partial charge in [-0.1, -0.05) is 0 Å². The summed E-state index contributed by atoms with van der Waals surface area (Å²) in [6, 6.07) is 4.72. The highest BCUT2D eigenvalue weighted by molar-refractivity contribution is 7.98. The number of nitrogens with zero attached hydrogens (tertiary/aromatic N) is 5. The minimum Gasteiger partial charge on any atom is -0.339 e. The Morgan fingerprint density at radius 2 is 2.13 bits per heavy atom. The average molecular weight is 458 g/mol. The van der Waals surface area contributed by atoms with Crippen molar-refractivity contribution in [1.29, 1.82) is 0 Å². The normalized spacial score (nSPS) is 14.7. The number of aryl methyl sites for hydroxylation is 1. The first-order valence-corrected chi connectivity index (χ1v) is 12.1. The average Bonchev–Trinajstić information content (AvgIpc) is 3.41. The van der Waals surface area contributed by atoms with E-state index in [0.29, 0.717) is 30.1 Å². The molecule has 1 saturated heterocycles. The minimum atomic E-state index is -0.432. The summed E-state index contributed by atoms with van der Waals surface area (Å²) in [5.41, 5.74) is 1.38. The van der Waals surface area contributed by atoms with Crippen molar-refractivity contribution in [3.8, 4) is 0 Å². The zero-order valence-corrected chi connectivity index (χ0v) is 19.0. The summed E-state index contributed by atoms with van der Waals surface area (Å²) < 4.78 is 2.14. The third-order valence-corrected chi connectivity index (χ3v) is 7.12. The fourth-order valence-corrected chi connectivity index (χ4v) is 5.11. The lowest BCUT2D eigenvalue weighted by Gasteiger charge is -2.32. The van der Waals surface area contributed by atoms with Crippen molar-refractivity contribution in [2.75, 3.05) is 19.3 Å². The van der Waals surface area contributed by atoms with Gasteiger partial charge in [-0.05, 0) is 38.2 Å². The highest BCUT2D eigenvalue weighted by atomic mass is 32.2. The molecule has 4 rings (SSSR count). The van der Waals surface area contributed by atoms with Crippen molar-refractivity contribution in [3.05, 3.63) is 68.2 Å². The van der Waals surface area contributed by atoms with Crippen LogP contribution in [0, 0.1) is 17.0 Å². The van der Waals surface area contributed by atoms with E-state index in [2.05, 4.69) is 19.9 Å². The van der Waals surface area contributed by atoms with E-state index in [0.717, 1.165) is 29.4 Å². The molecule has 162 valence electrons. The smallest absolute Gasteiger partial charge is 0.283 e. The van der Waals surface area contributed by atoms with Gasteiger partial charge in [0.2, 0.25) is 0 Å². The largest absolute Gasteiger partial charge is 0.339 e. The Morgan fingerprint density at radius 3 is 2.77 bits per heavy atom. The summed E-state index contributed by atoms with van der Waals surface area (Å²) in [5.74, 6) is 1.14. The monoisotopic (exact) mass is 457 g/mol. The molecule has 0 aliphatic carbocycles. The van der Waals surface area contributed by atoms with Crippen LogP contribution in [0.2, 0.25) is 0 Å². The van der Waals surface area contributed by atoms with Gasteiger partial charge < -0.3 is 9.47 Å². The van der Waals surface area contributed by atoms with Crippen molar-refractivity contribution in [2.24, 2.45) is 0 Å². The molecule has 1 aliphatic rings. The molecule has 0 unspecified atom stereocenters. The Kier molecular flexibility index (Phi) is 6.38. The quantitative estimate of drug-likeness (QED) is 0.310. The van der Waals surface area contributed by atoms with E-state index in [9.17, 15) is 14.9 Å². The van der Waals surface area contributed by atoms with E-state index in [1.165, 1.54) is 17.8 Å². The van der Waals surface area contributed by atoms with Crippen LogP contribution in [0.3, 0.4) is 0 Å². The van der Waals surface area contributed by atoms with Crippen molar-refractivity contribution < 1.29 is 9.72 Å². The zero-order chi connectivity index (χ0) is 22.0. The maximum Gasteiger partial charge on any atom is 0.283 e. The molecule has 1 amide bonds. The van der Waals surface area contributed by atoms with Gasteiger partial charge in [-0.15, -0.1) is 23.1 Å². The Balaban J connectivity index is 1.43. The second-order valence-corrected chi connectivity index (χ2v) is 9.39. The number of likely N-dealkylation sites (tertiary alicyclic amines) is 1. The fourth-order valence-electron chi connectivity index (χ4n) is 3.96. The fraction of sp³-hybridized carbons (Fsp3) is 0.381. The first-order valence-electron chi connectivity index (χ1n) is 10.00. The number of thioether (sulfide) groups is 1. The van der Waals surface area contributed by atoms with Crippen molar-refractivity contribution in [1.82, 2.24) is 19.4 Å². The Labute approximate surface area is 188 Å². The number of rotatable bonds is 6. The van der Waals surface area contributed by atoms with E-state index < -0.39 is 4.92 Å². The number of imidazole rings is 1. The molecule has 31 heavy (non-hydrogen) atoms. The van der Waals surface area contributed by atoms with Gasteiger partial charge in [-0.2, -0.15) is 0 Å². The summed E-state index contributed by atoms with van der Waals surface area (Å²) in [7, 11) is 0.